The van der Waals surface area contributed by atoms with E-state index in [1.807, 2.05) is 13.8 Å². The van der Waals surface area contributed by atoms with E-state index < -0.39 is 10.0 Å². The summed E-state index contributed by atoms with van der Waals surface area (Å²) in [5, 5.41) is 2.65. The Hall–Kier alpha value is -2.32. The monoisotopic (exact) mass is 348 g/mol. The maximum Gasteiger partial charge on any atom is 0.254 e. The van der Waals surface area contributed by atoms with Gasteiger partial charge in [0.15, 0.2) is 0 Å². The van der Waals surface area contributed by atoms with Crippen LogP contribution >= 0.6 is 0 Å². The summed E-state index contributed by atoms with van der Waals surface area (Å²) in [5.74, 6) is 0.0610. The van der Waals surface area contributed by atoms with Gasteiger partial charge in [-0.1, -0.05) is 17.7 Å². The molecule has 128 valence electrons. The molecule has 1 aromatic carbocycles. The molecule has 1 amide bonds. The molecule has 0 atom stereocenters. The lowest BCUT2D eigenvalue weighted by molar-refractivity contribution is 0.0955. The molecule has 24 heavy (non-hydrogen) atoms. The highest BCUT2D eigenvalue weighted by molar-refractivity contribution is 7.89. The van der Waals surface area contributed by atoms with Crippen molar-refractivity contribution in [1.82, 2.24) is 19.6 Å². The first-order chi connectivity index (χ1) is 11.3. The number of carbonyl (C=O) groups is 1. The first kappa shape index (κ1) is 18.0. The van der Waals surface area contributed by atoms with Crippen molar-refractivity contribution in [2.24, 2.45) is 0 Å². The van der Waals surface area contributed by atoms with Crippen molar-refractivity contribution in [1.29, 1.82) is 0 Å². The zero-order valence-electron chi connectivity index (χ0n) is 13.9. The number of nitrogens with zero attached hydrogens (tertiary/aromatic N) is 3. The Morgan fingerprint density at radius 3 is 2.29 bits per heavy atom. The highest BCUT2D eigenvalue weighted by Gasteiger charge is 2.21. The van der Waals surface area contributed by atoms with Crippen LogP contribution in [0.15, 0.2) is 41.6 Å². The molecular weight excluding hydrogens is 328 g/mol. The number of rotatable bonds is 6. The van der Waals surface area contributed by atoms with Gasteiger partial charge in [-0.05, 0) is 26.0 Å². The fourth-order valence-corrected chi connectivity index (χ4v) is 3.12. The van der Waals surface area contributed by atoms with Gasteiger partial charge < -0.3 is 5.32 Å². The van der Waals surface area contributed by atoms with Crippen LogP contribution in [0.2, 0.25) is 0 Å². The molecule has 0 radical (unpaired) electrons. The van der Waals surface area contributed by atoms with Crippen LogP contribution < -0.4 is 5.32 Å². The van der Waals surface area contributed by atoms with Crippen LogP contribution in [0.4, 0.5) is 0 Å². The van der Waals surface area contributed by atoms with E-state index in [1.54, 1.807) is 24.3 Å². The summed E-state index contributed by atoms with van der Waals surface area (Å²) in [6.07, 6.45) is 2.78. The average molecular weight is 348 g/mol. The van der Waals surface area contributed by atoms with E-state index in [9.17, 15) is 13.2 Å². The Labute approximate surface area is 141 Å². The third-order valence-corrected chi connectivity index (χ3v) is 5.22. The van der Waals surface area contributed by atoms with E-state index in [0.717, 1.165) is 5.56 Å². The van der Waals surface area contributed by atoms with E-state index in [1.165, 1.54) is 23.7 Å². The summed E-state index contributed by atoms with van der Waals surface area (Å²) in [5.41, 5.74) is 1.32. The normalized spacial score (nSPS) is 11.5. The molecule has 1 N–H and O–H groups in total. The Morgan fingerprint density at radius 1 is 1.17 bits per heavy atom. The van der Waals surface area contributed by atoms with Gasteiger partial charge in [0.2, 0.25) is 10.0 Å². The summed E-state index contributed by atoms with van der Waals surface area (Å²) < 4.78 is 26.2. The lowest BCUT2D eigenvalue weighted by atomic mass is 10.2. The molecule has 2 rings (SSSR count). The number of carbonyl (C=O) groups excluding carboxylic acids is 1. The van der Waals surface area contributed by atoms with Gasteiger partial charge >= 0.3 is 0 Å². The predicted octanol–water partition coefficient (Wildman–Crippen LogP) is 1.36. The average Bonchev–Trinajstić information content (AvgIpc) is 2.56. The van der Waals surface area contributed by atoms with Crippen LogP contribution in [0.5, 0.6) is 0 Å². The molecule has 7 nitrogen and oxygen atoms in total. The molecular formula is C16H20N4O3S. The highest BCUT2D eigenvalue weighted by Crippen LogP contribution is 2.16. The van der Waals surface area contributed by atoms with Crippen LogP contribution in [-0.2, 0) is 16.6 Å². The molecule has 2 aromatic rings. The van der Waals surface area contributed by atoms with Gasteiger partial charge in [-0.25, -0.2) is 18.4 Å². The zero-order valence-corrected chi connectivity index (χ0v) is 14.7. The molecule has 0 saturated heterocycles. The number of nitrogens with one attached hydrogen (secondary N) is 1. The van der Waals surface area contributed by atoms with Gasteiger partial charge in [-0.15, -0.1) is 0 Å². The van der Waals surface area contributed by atoms with E-state index in [0.29, 0.717) is 17.9 Å². The standard InChI is InChI=1S/C16H20N4O3S/c1-4-17-16(21)13-9-18-15(19-10-13)11-20(3)24(22,23)14-7-5-12(2)6-8-14/h5-10H,4,11H2,1-3H3,(H,17,21). The molecule has 0 fully saturated rings. The summed E-state index contributed by atoms with van der Waals surface area (Å²) in [6.45, 7) is 4.24. The maximum atomic E-state index is 12.5. The minimum absolute atomic E-state index is 0.0197. The molecule has 8 heteroatoms. The fourth-order valence-electron chi connectivity index (χ4n) is 1.99. The van der Waals surface area contributed by atoms with Crippen molar-refractivity contribution < 1.29 is 13.2 Å². The Kier molecular flexibility index (Phi) is 5.63. The lowest BCUT2D eigenvalue weighted by Crippen LogP contribution is -2.28. The van der Waals surface area contributed by atoms with E-state index >= 15 is 0 Å². The van der Waals surface area contributed by atoms with Gasteiger partial charge in [-0.2, -0.15) is 4.31 Å². The van der Waals surface area contributed by atoms with Crippen molar-refractivity contribution in [2.75, 3.05) is 13.6 Å². The van der Waals surface area contributed by atoms with E-state index in [4.69, 9.17) is 0 Å². The molecule has 1 heterocycles. The maximum absolute atomic E-state index is 12.5. The number of amides is 1. The van der Waals surface area contributed by atoms with Gasteiger partial charge in [0.1, 0.15) is 5.82 Å². The van der Waals surface area contributed by atoms with Crippen LogP contribution in [0.3, 0.4) is 0 Å². The summed E-state index contributed by atoms with van der Waals surface area (Å²) >= 11 is 0. The third-order valence-electron chi connectivity index (χ3n) is 3.40. The van der Waals surface area contributed by atoms with Gasteiger partial charge in [0, 0.05) is 26.0 Å². The molecule has 0 saturated carbocycles. The highest BCUT2D eigenvalue weighted by atomic mass is 32.2. The van der Waals surface area contributed by atoms with Crippen molar-refractivity contribution in [3.8, 4) is 0 Å². The second kappa shape index (κ2) is 7.50. The number of aryl methyl sites for hydroxylation is 1. The third kappa shape index (κ3) is 4.15. The van der Waals surface area contributed by atoms with E-state index in [2.05, 4.69) is 15.3 Å². The fraction of sp³-hybridized carbons (Fsp3) is 0.312. The van der Waals surface area contributed by atoms with Gasteiger partial charge in [0.25, 0.3) is 5.91 Å². The second-order valence-corrected chi connectivity index (χ2v) is 7.37. The molecule has 0 spiro atoms. The first-order valence-electron chi connectivity index (χ1n) is 7.46. The topological polar surface area (TPSA) is 92.3 Å². The SMILES string of the molecule is CCNC(=O)c1cnc(CN(C)S(=O)(=O)c2ccc(C)cc2)nc1. The molecule has 0 unspecified atom stereocenters. The number of hydrogen-bond donors (Lipinski definition) is 1. The van der Waals surface area contributed by atoms with Gasteiger partial charge in [-0.3, -0.25) is 4.79 Å². The van der Waals surface area contributed by atoms with Crippen molar-refractivity contribution in [3.05, 3.63) is 53.6 Å². The second-order valence-electron chi connectivity index (χ2n) is 5.32. The van der Waals surface area contributed by atoms with Crippen LogP contribution in [0.25, 0.3) is 0 Å². The lowest BCUT2D eigenvalue weighted by Gasteiger charge is -2.16. The predicted molar refractivity (Wildman–Crippen MR) is 89.9 cm³/mol. The Morgan fingerprint density at radius 2 is 1.75 bits per heavy atom. The number of aromatic nitrogens is 2. The molecule has 0 aliphatic carbocycles. The van der Waals surface area contributed by atoms with Crippen LogP contribution in [-0.4, -0.2) is 42.2 Å². The Bertz CT molecular complexity index is 802. The molecule has 1 aromatic heterocycles. The quantitative estimate of drug-likeness (QED) is 0.851. The molecule has 0 aliphatic heterocycles. The van der Waals surface area contributed by atoms with Crippen molar-refractivity contribution in [3.63, 3.8) is 0 Å². The molecule has 0 aliphatic rings. The smallest absolute Gasteiger partial charge is 0.254 e. The van der Waals surface area contributed by atoms with Crippen molar-refractivity contribution >= 4 is 15.9 Å². The number of benzene rings is 1. The minimum Gasteiger partial charge on any atom is -0.352 e. The summed E-state index contributed by atoms with van der Waals surface area (Å²) in [4.78, 5) is 20.0. The van der Waals surface area contributed by atoms with Crippen molar-refractivity contribution in [2.45, 2.75) is 25.3 Å². The van der Waals surface area contributed by atoms with Gasteiger partial charge in [0.05, 0.1) is 17.0 Å². The number of sulfonamides is 1. The van der Waals surface area contributed by atoms with Crippen LogP contribution in [0.1, 0.15) is 28.7 Å². The van der Waals surface area contributed by atoms with E-state index in [-0.39, 0.29) is 17.3 Å². The summed E-state index contributed by atoms with van der Waals surface area (Å²) in [7, 11) is -2.15. The number of hydrogen-bond acceptors (Lipinski definition) is 5. The summed E-state index contributed by atoms with van der Waals surface area (Å²) in [6, 6.07) is 6.64. The largest absolute Gasteiger partial charge is 0.352 e. The minimum atomic E-state index is -3.61. The molecule has 0 bridgehead atoms. The van der Waals surface area contributed by atoms with Crippen LogP contribution in [0, 0.1) is 6.92 Å². The Balaban J connectivity index is 2.12. The first-order valence-corrected chi connectivity index (χ1v) is 8.90. The zero-order chi connectivity index (χ0) is 17.7.